The molecule has 0 aliphatic carbocycles. The van der Waals surface area contributed by atoms with Gasteiger partial charge in [-0.15, -0.1) is 0 Å². The van der Waals surface area contributed by atoms with Gasteiger partial charge >= 0.3 is 11.9 Å². The number of carbonyl (C=O) groups is 2. The summed E-state index contributed by atoms with van der Waals surface area (Å²) in [7, 11) is 2.59. The molecule has 0 unspecified atom stereocenters. The molecule has 4 aromatic rings. The number of rotatable bonds is 4. The van der Waals surface area contributed by atoms with E-state index in [1.54, 1.807) is 12.1 Å². The summed E-state index contributed by atoms with van der Waals surface area (Å²) in [6.45, 7) is 0. The lowest BCUT2D eigenvalue weighted by molar-refractivity contribution is 0.0597. The molecule has 0 saturated carbocycles. The molecule has 1 aliphatic rings. The van der Waals surface area contributed by atoms with Gasteiger partial charge in [0, 0.05) is 10.0 Å². The monoisotopic (exact) mass is 529 g/mol. The minimum Gasteiger partial charge on any atom is -0.465 e. The summed E-state index contributed by atoms with van der Waals surface area (Å²) in [4.78, 5) is 24.6. The van der Waals surface area contributed by atoms with Gasteiger partial charge in [0.15, 0.2) is 11.5 Å². The van der Waals surface area contributed by atoms with Crippen molar-refractivity contribution in [2.45, 2.75) is 0 Å². The maximum Gasteiger partial charge on any atom is 0.339 e. The fourth-order valence-electron chi connectivity index (χ4n) is 4.05. The van der Waals surface area contributed by atoms with E-state index < -0.39 is 11.9 Å². The summed E-state index contributed by atoms with van der Waals surface area (Å²) in [5.74, 6) is 0.430. The van der Waals surface area contributed by atoms with E-state index in [-0.39, 0.29) is 11.1 Å². The lowest BCUT2D eigenvalue weighted by atomic mass is 9.96. The Morgan fingerprint density at radius 1 is 0.743 bits per heavy atom. The Hall–Kier alpha value is -4.10. The minimum absolute atomic E-state index is 0.242. The van der Waals surface area contributed by atoms with Gasteiger partial charge in [0.25, 0.3) is 0 Å². The lowest BCUT2D eigenvalue weighted by Gasteiger charge is -2.24. The zero-order valence-corrected chi connectivity index (χ0v) is 20.5. The van der Waals surface area contributed by atoms with Crippen LogP contribution in [0.1, 0.15) is 20.7 Å². The Kier molecular flexibility index (Phi) is 6.01. The first-order chi connectivity index (χ1) is 17.0. The van der Waals surface area contributed by atoms with Gasteiger partial charge in [-0.2, -0.15) is 0 Å². The number of para-hydroxylation sites is 3. The third kappa shape index (κ3) is 4.15. The van der Waals surface area contributed by atoms with E-state index >= 15 is 0 Å². The van der Waals surface area contributed by atoms with Crippen molar-refractivity contribution in [2.24, 2.45) is 0 Å². The number of hydrogen-bond donors (Lipinski definition) is 1. The molecular formula is C28H20BrNO5. The zero-order chi connectivity index (χ0) is 24.5. The third-order valence-electron chi connectivity index (χ3n) is 5.81. The van der Waals surface area contributed by atoms with Gasteiger partial charge in [0.2, 0.25) is 0 Å². The van der Waals surface area contributed by atoms with Crippen molar-refractivity contribution >= 4 is 39.2 Å². The van der Waals surface area contributed by atoms with Crippen LogP contribution in [-0.4, -0.2) is 26.2 Å². The maximum atomic E-state index is 12.3. The minimum atomic E-state index is -0.553. The van der Waals surface area contributed by atoms with Crippen LogP contribution in [0.3, 0.4) is 0 Å². The number of esters is 2. The molecule has 0 saturated heterocycles. The van der Waals surface area contributed by atoms with Crippen molar-refractivity contribution in [2.75, 3.05) is 19.5 Å². The molecule has 7 heteroatoms. The Morgan fingerprint density at radius 3 is 2.00 bits per heavy atom. The number of benzene rings is 4. The van der Waals surface area contributed by atoms with Crippen LogP contribution in [0.4, 0.5) is 11.4 Å². The van der Waals surface area contributed by atoms with E-state index in [4.69, 9.17) is 14.2 Å². The second kappa shape index (κ2) is 9.27. The number of hydrogen-bond acceptors (Lipinski definition) is 6. The van der Waals surface area contributed by atoms with Gasteiger partial charge in [-0.3, -0.25) is 0 Å². The van der Waals surface area contributed by atoms with Crippen molar-refractivity contribution < 1.29 is 23.8 Å². The van der Waals surface area contributed by atoms with Crippen LogP contribution >= 0.6 is 15.9 Å². The summed E-state index contributed by atoms with van der Waals surface area (Å²) in [6.07, 6.45) is 0. The maximum absolute atomic E-state index is 12.3. The summed E-state index contributed by atoms with van der Waals surface area (Å²) >= 11 is 3.34. The fourth-order valence-corrected chi connectivity index (χ4v) is 4.60. The molecule has 0 radical (unpaired) electrons. The fraction of sp³-hybridized carbons (Fsp3) is 0.0714. The van der Waals surface area contributed by atoms with E-state index in [9.17, 15) is 9.59 Å². The molecule has 35 heavy (non-hydrogen) atoms. The molecule has 4 aromatic carbocycles. The summed E-state index contributed by atoms with van der Waals surface area (Å²) in [6, 6.07) is 25.0. The molecule has 0 fully saturated rings. The van der Waals surface area contributed by atoms with Crippen LogP contribution in [-0.2, 0) is 9.47 Å². The van der Waals surface area contributed by atoms with E-state index in [2.05, 4.69) is 21.2 Å². The Balaban J connectivity index is 1.54. The number of anilines is 2. The number of halogens is 1. The van der Waals surface area contributed by atoms with Crippen molar-refractivity contribution in [1.29, 1.82) is 0 Å². The molecule has 1 aliphatic heterocycles. The molecular weight excluding hydrogens is 510 g/mol. The Morgan fingerprint density at radius 2 is 1.34 bits per heavy atom. The molecule has 1 N–H and O–H groups in total. The first-order valence-corrected chi connectivity index (χ1v) is 11.6. The van der Waals surface area contributed by atoms with E-state index in [1.807, 2.05) is 66.7 Å². The predicted molar refractivity (Wildman–Crippen MR) is 137 cm³/mol. The highest BCUT2D eigenvalue weighted by Crippen LogP contribution is 2.46. The normalized spacial score (nSPS) is 11.4. The molecule has 0 amide bonds. The average Bonchev–Trinajstić information content (AvgIpc) is 2.91. The van der Waals surface area contributed by atoms with Gasteiger partial charge in [-0.25, -0.2) is 9.59 Å². The van der Waals surface area contributed by atoms with Gasteiger partial charge in [0.1, 0.15) is 0 Å². The molecule has 0 bridgehead atoms. The zero-order valence-electron chi connectivity index (χ0n) is 18.9. The third-order valence-corrected chi connectivity index (χ3v) is 6.66. The van der Waals surface area contributed by atoms with E-state index in [0.29, 0.717) is 10.0 Å². The van der Waals surface area contributed by atoms with Gasteiger partial charge in [-0.05, 0) is 63.0 Å². The van der Waals surface area contributed by atoms with Gasteiger partial charge in [-0.1, -0.05) is 48.5 Å². The van der Waals surface area contributed by atoms with Crippen LogP contribution in [0.2, 0.25) is 0 Å². The number of methoxy groups -OCH3 is 2. The largest absolute Gasteiger partial charge is 0.465 e. The van der Waals surface area contributed by atoms with Crippen molar-refractivity contribution in [3.05, 3.63) is 94.5 Å². The number of carbonyl (C=O) groups excluding carboxylic acids is 2. The standard InChI is InChI=1S/C28H20BrNO5/c1-33-27(31)20-14-18(15-21(25(20)29)28(32)34-2)16-10-12-17(13-11-16)19-6-5-9-24-26(19)30-22-7-3-4-8-23(22)35-24/h3-15,30H,1-2H3. The Bertz CT molecular complexity index is 1430. The molecule has 5 rings (SSSR count). The highest BCUT2D eigenvalue weighted by molar-refractivity contribution is 9.10. The van der Waals surface area contributed by atoms with E-state index in [0.717, 1.165) is 39.6 Å². The molecule has 6 nitrogen and oxygen atoms in total. The Labute approximate surface area is 210 Å². The lowest BCUT2D eigenvalue weighted by Crippen LogP contribution is -2.09. The molecule has 0 aromatic heterocycles. The average molecular weight is 530 g/mol. The van der Waals surface area contributed by atoms with Crippen LogP contribution in [0.5, 0.6) is 11.5 Å². The summed E-state index contributed by atoms with van der Waals surface area (Å²) in [5, 5.41) is 3.48. The van der Waals surface area contributed by atoms with Crippen LogP contribution in [0, 0.1) is 0 Å². The second-order valence-electron chi connectivity index (χ2n) is 7.85. The van der Waals surface area contributed by atoms with Crippen molar-refractivity contribution in [3.8, 4) is 33.8 Å². The topological polar surface area (TPSA) is 73.9 Å². The SMILES string of the molecule is COC(=O)c1cc(-c2ccc(-c3cccc4c3Nc3ccccc3O4)cc2)cc(C(=O)OC)c1Br. The first kappa shape index (κ1) is 22.7. The van der Waals surface area contributed by atoms with Crippen LogP contribution in [0.25, 0.3) is 22.3 Å². The first-order valence-electron chi connectivity index (χ1n) is 10.8. The summed E-state index contributed by atoms with van der Waals surface area (Å²) in [5.41, 5.74) is 5.78. The number of fused-ring (bicyclic) bond motifs is 2. The molecule has 0 spiro atoms. The van der Waals surface area contributed by atoms with Crippen LogP contribution < -0.4 is 10.1 Å². The van der Waals surface area contributed by atoms with Gasteiger partial charge < -0.3 is 19.5 Å². The quantitative estimate of drug-likeness (QED) is 0.248. The van der Waals surface area contributed by atoms with Crippen molar-refractivity contribution in [3.63, 3.8) is 0 Å². The number of ether oxygens (including phenoxy) is 3. The van der Waals surface area contributed by atoms with Crippen molar-refractivity contribution in [1.82, 2.24) is 0 Å². The molecule has 174 valence electrons. The highest BCUT2D eigenvalue weighted by atomic mass is 79.9. The number of nitrogens with one attached hydrogen (secondary N) is 1. The smallest absolute Gasteiger partial charge is 0.339 e. The van der Waals surface area contributed by atoms with Crippen LogP contribution in [0.15, 0.2) is 83.3 Å². The van der Waals surface area contributed by atoms with E-state index in [1.165, 1.54) is 14.2 Å². The highest BCUT2D eigenvalue weighted by Gasteiger charge is 2.22. The second-order valence-corrected chi connectivity index (χ2v) is 8.64. The molecule has 1 heterocycles. The summed E-state index contributed by atoms with van der Waals surface area (Å²) < 4.78 is 16.2. The van der Waals surface area contributed by atoms with Gasteiger partial charge in [0.05, 0.1) is 36.7 Å². The predicted octanol–water partition coefficient (Wildman–Crippen LogP) is 7.21. The molecule has 0 atom stereocenters.